The van der Waals surface area contributed by atoms with Crippen LogP contribution in [0.5, 0.6) is 0 Å². The highest BCUT2D eigenvalue weighted by Crippen LogP contribution is 2.26. The van der Waals surface area contributed by atoms with Crippen LogP contribution in [0.3, 0.4) is 0 Å². The minimum Gasteiger partial charge on any atom is -0.390 e. The fraction of sp³-hybridized carbons (Fsp3) is 0.471. The van der Waals surface area contributed by atoms with Crippen molar-refractivity contribution in [2.75, 3.05) is 26.2 Å². The van der Waals surface area contributed by atoms with Crippen LogP contribution in [-0.2, 0) is 4.79 Å². The van der Waals surface area contributed by atoms with Crippen molar-refractivity contribution in [3.8, 4) is 0 Å². The van der Waals surface area contributed by atoms with Gasteiger partial charge in [-0.05, 0) is 18.6 Å². The van der Waals surface area contributed by atoms with Gasteiger partial charge in [0.05, 0.1) is 24.4 Å². The molecule has 24 heavy (non-hydrogen) atoms. The normalized spacial score (nSPS) is 25.3. The summed E-state index contributed by atoms with van der Waals surface area (Å²) in [6.45, 7) is 5.70. The molecule has 0 aliphatic carbocycles. The highest BCUT2D eigenvalue weighted by molar-refractivity contribution is 6.30. The number of rotatable bonds is 4. The van der Waals surface area contributed by atoms with E-state index in [4.69, 9.17) is 11.6 Å². The van der Waals surface area contributed by atoms with Crippen LogP contribution in [0.2, 0.25) is 5.02 Å². The summed E-state index contributed by atoms with van der Waals surface area (Å²) in [5, 5.41) is 16.5. The zero-order chi connectivity index (χ0) is 16.7. The van der Waals surface area contributed by atoms with Crippen molar-refractivity contribution in [2.24, 2.45) is 5.10 Å². The van der Waals surface area contributed by atoms with Gasteiger partial charge in [-0.2, -0.15) is 5.10 Å². The molecule has 0 aromatic heterocycles. The van der Waals surface area contributed by atoms with E-state index in [1.165, 1.54) is 0 Å². The molecule has 0 spiro atoms. The summed E-state index contributed by atoms with van der Waals surface area (Å²) in [4.78, 5) is 16.0. The van der Waals surface area contributed by atoms with Gasteiger partial charge in [0, 0.05) is 36.6 Å². The Morgan fingerprint density at radius 2 is 1.96 bits per heavy atom. The molecule has 3 aliphatic rings. The van der Waals surface area contributed by atoms with Gasteiger partial charge in [0.2, 0.25) is 5.91 Å². The van der Waals surface area contributed by atoms with Gasteiger partial charge in [0.1, 0.15) is 0 Å². The fourth-order valence-corrected chi connectivity index (χ4v) is 3.49. The Bertz CT molecular complexity index is 657. The van der Waals surface area contributed by atoms with Gasteiger partial charge in [0.15, 0.2) is 6.67 Å². The molecule has 2 fully saturated rings. The monoisotopic (exact) mass is 346 g/mol. The number of halogens is 1. The van der Waals surface area contributed by atoms with Crippen molar-refractivity contribution < 1.29 is 9.90 Å². The maximum atomic E-state index is 12.2. The molecule has 1 unspecified atom stereocenters. The molecular formula is C17H19ClN4O2. The fourth-order valence-electron chi connectivity index (χ4n) is 3.37. The van der Waals surface area contributed by atoms with Crippen molar-refractivity contribution in [1.29, 1.82) is 0 Å². The summed E-state index contributed by atoms with van der Waals surface area (Å²) in [5.41, 5.74) is 1.84. The van der Waals surface area contributed by atoms with Crippen LogP contribution in [0, 0.1) is 6.67 Å². The van der Waals surface area contributed by atoms with Crippen LogP contribution in [0.1, 0.15) is 18.4 Å². The Balaban J connectivity index is 1.56. The third-order valence-electron chi connectivity index (χ3n) is 4.64. The van der Waals surface area contributed by atoms with E-state index in [0.717, 1.165) is 24.2 Å². The second kappa shape index (κ2) is 6.35. The molecule has 2 saturated heterocycles. The van der Waals surface area contributed by atoms with Crippen molar-refractivity contribution in [2.45, 2.75) is 25.0 Å². The van der Waals surface area contributed by atoms with Crippen molar-refractivity contribution in [3.05, 3.63) is 41.5 Å². The second-order valence-electron chi connectivity index (χ2n) is 6.44. The molecule has 1 aromatic rings. The van der Waals surface area contributed by atoms with Crippen LogP contribution in [0.15, 0.2) is 29.4 Å². The molecule has 2 radical (unpaired) electrons. The molecule has 4 rings (SSSR count). The van der Waals surface area contributed by atoms with E-state index < -0.39 is 0 Å². The second-order valence-corrected chi connectivity index (χ2v) is 6.88. The third kappa shape index (κ3) is 3.01. The van der Waals surface area contributed by atoms with E-state index in [1.807, 2.05) is 34.1 Å². The lowest BCUT2D eigenvalue weighted by Crippen LogP contribution is -2.51. The van der Waals surface area contributed by atoms with Gasteiger partial charge in [-0.25, -0.2) is 0 Å². The molecule has 3 heterocycles. The number of aliphatic hydroxyl groups excluding tert-OH is 1. The summed E-state index contributed by atoms with van der Waals surface area (Å²) in [6.07, 6.45) is 1.22. The number of nitrogens with zero attached hydrogens (tertiary/aromatic N) is 4. The van der Waals surface area contributed by atoms with Gasteiger partial charge in [0.25, 0.3) is 0 Å². The van der Waals surface area contributed by atoms with Crippen LogP contribution >= 0.6 is 11.6 Å². The number of amides is 1. The maximum Gasteiger partial charge on any atom is 0.223 e. The Hall–Kier alpha value is -1.63. The summed E-state index contributed by atoms with van der Waals surface area (Å²) in [6, 6.07) is 7.48. The predicted octanol–water partition coefficient (Wildman–Crippen LogP) is 1.02. The van der Waals surface area contributed by atoms with E-state index in [-0.39, 0.29) is 18.1 Å². The Morgan fingerprint density at radius 1 is 1.21 bits per heavy atom. The number of carbonyl (C=O) groups excluding carboxylic acids is 1. The molecule has 0 bridgehead atoms. The molecule has 7 heteroatoms. The Kier molecular flexibility index (Phi) is 4.20. The minimum absolute atomic E-state index is 0.0696. The van der Waals surface area contributed by atoms with Gasteiger partial charge < -0.3 is 10.0 Å². The zero-order valence-corrected chi connectivity index (χ0v) is 14.0. The number of benzene rings is 1. The number of likely N-dealkylation sites (tertiary alicyclic amines) is 2. The lowest BCUT2D eigenvalue weighted by atomic mass is 10.0. The molecular weight excluding hydrogens is 328 g/mol. The van der Waals surface area contributed by atoms with E-state index in [1.54, 1.807) is 5.01 Å². The number of hydrazone groups is 1. The maximum absolute atomic E-state index is 12.2. The standard InChI is InChI=1S/C17H19ClN4O2/c18-13-5-3-12(4-6-13)17-15(22-7-1-2-16(22)24)10-21(19-17)11-20-8-14(23)9-20/h3-6,14-15,23H,1-2,7-10H2. The first-order valence-corrected chi connectivity index (χ1v) is 8.59. The van der Waals surface area contributed by atoms with Crippen LogP contribution in [0.25, 0.3) is 0 Å². The van der Waals surface area contributed by atoms with Crippen LogP contribution in [-0.4, -0.2) is 69.9 Å². The number of carbonyl (C=O) groups is 1. The predicted molar refractivity (Wildman–Crippen MR) is 90.3 cm³/mol. The molecule has 3 aliphatic heterocycles. The lowest BCUT2D eigenvalue weighted by Gasteiger charge is -2.36. The van der Waals surface area contributed by atoms with Crippen LogP contribution < -0.4 is 0 Å². The highest BCUT2D eigenvalue weighted by atomic mass is 35.5. The molecule has 6 nitrogen and oxygen atoms in total. The van der Waals surface area contributed by atoms with Gasteiger partial charge in [-0.1, -0.05) is 23.7 Å². The molecule has 1 N–H and O–H groups in total. The van der Waals surface area contributed by atoms with E-state index in [9.17, 15) is 9.90 Å². The Labute approximate surface area is 146 Å². The number of aliphatic hydroxyl groups is 1. The van der Waals surface area contributed by atoms with Crippen molar-refractivity contribution >= 4 is 23.2 Å². The van der Waals surface area contributed by atoms with E-state index in [2.05, 4.69) is 11.8 Å². The molecule has 0 saturated carbocycles. The number of hydrogen-bond acceptors (Lipinski definition) is 5. The summed E-state index contributed by atoms with van der Waals surface area (Å²) in [7, 11) is 0. The van der Waals surface area contributed by atoms with E-state index in [0.29, 0.717) is 31.1 Å². The van der Waals surface area contributed by atoms with Crippen molar-refractivity contribution in [1.82, 2.24) is 14.8 Å². The van der Waals surface area contributed by atoms with Gasteiger partial charge in [-0.3, -0.25) is 14.7 Å². The number of hydrogen-bond donors (Lipinski definition) is 1. The zero-order valence-electron chi connectivity index (χ0n) is 13.2. The quantitative estimate of drug-likeness (QED) is 0.884. The minimum atomic E-state index is -0.282. The SMILES string of the molecule is O=C1CCCN1C1CN([C]N2CC(O)C2)N=C1c1ccc(Cl)cc1. The summed E-state index contributed by atoms with van der Waals surface area (Å²) < 4.78 is 0. The smallest absolute Gasteiger partial charge is 0.223 e. The lowest BCUT2D eigenvalue weighted by molar-refractivity contribution is -0.128. The highest BCUT2D eigenvalue weighted by Gasteiger charge is 2.39. The topological polar surface area (TPSA) is 59.4 Å². The van der Waals surface area contributed by atoms with E-state index >= 15 is 0 Å². The first kappa shape index (κ1) is 15.9. The molecule has 1 amide bonds. The largest absolute Gasteiger partial charge is 0.390 e. The molecule has 126 valence electrons. The summed E-state index contributed by atoms with van der Waals surface area (Å²) in [5.74, 6) is 0.183. The average molecular weight is 347 g/mol. The third-order valence-corrected chi connectivity index (χ3v) is 4.89. The van der Waals surface area contributed by atoms with Crippen LogP contribution in [0.4, 0.5) is 0 Å². The van der Waals surface area contributed by atoms with Gasteiger partial charge in [-0.15, -0.1) is 0 Å². The molecule has 1 atom stereocenters. The average Bonchev–Trinajstić information content (AvgIpc) is 3.12. The number of β-amino-alcohol motifs (C(OH)–C–C–N with tert-alkyl or cyclic N) is 1. The molecule has 1 aromatic carbocycles. The summed E-state index contributed by atoms with van der Waals surface area (Å²) >= 11 is 5.99. The van der Waals surface area contributed by atoms with Gasteiger partial charge >= 0.3 is 0 Å². The first-order chi connectivity index (χ1) is 11.6. The van der Waals surface area contributed by atoms with Crippen molar-refractivity contribution in [3.63, 3.8) is 0 Å². The Morgan fingerprint density at radius 3 is 2.58 bits per heavy atom. The first-order valence-electron chi connectivity index (χ1n) is 8.21.